The maximum Gasteiger partial charge on any atom is 0.325 e. The van der Waals surface area contributed by atoms with Crippen molar-refractivity contribution in [1.82, 2.24) is 19.8 Å². The van der Waals surface area contributed by atoms with Gasteiger partial charge in [-0.15, -0.1) is 5.10 Å². The molecule has 1 unspecified atom stereocenters. The minimum Gasteiger partial charge on any atom is -0.322 e. The molecule has 0 radical (unpaired) electrons. The van der Waals surface area contributed by atoms with Crippen molar-refractivity contribution in [2.75, 3.05) is 11.5 Å². The molecule has 9 heteroatoms. The molecule has 3 heterocycles. The highest BCUT2D eigenvalue weighted by Gasteiger charge is 2.53. The Labute approximate surface area is 116 Å². The monoisotopic (exact) mass is 304 g/mol. The molecule has 2 fully saturated rings. The average molecular weight is 305 g/mol. The Morgan fingerprint density at radius 1 is 1.50 bits per heavy atom. The molecule has 2 aliphatic rings. The number of carbonyl (C=O) groups is 2. The first kappa shape index (κ1) is 12.2. The van der Waals surface area contributed by atoms with E-state index >= 15 is 0 Å². The van der Waals surface area contributed by atoms with Crippen LogP contribution in [-0.4, -0.2) is 43.5 Å². The van der Waals surface area contributed by atoms with Gasteiger partial charge in [0, 0.05) is 17.3 Å². The fraction of sp³-hybridized carbons (Fsp3) is 0.556. The van der Waals surface area contributed by atoms with E-state index < -0.39 is 5.54 Å². The molecule has 1 aromatic rings. The summed E-state index contributed by atoms with van der Waals surface area (Å²) in [6, 6.07) is -0.369. The number of hydrogen-bond acceptors (Lipinski definition) is 6. The lowest BCUT2D eigenvalue weighted by molar-refractivity contribution is -0.130. The fourth-order valence-corrected chi connectivity index (χ4v) is 4.03. The first-order chi connectivity index (χ1) is 8.62. The maximum atomic E-state index is 12.3. The van der Waals surface area contributed by atoms with Gasteiger partial charge in [0.05, 0.1) is 6.54 Å². The second-order valence-corrected chi connectivity index (χ2v) is 6.66. The van der Waals surface area contributed by atoms with Crippen LogP contribution >= 0.6 is 34.9 Å². The Kier molecular flexibility index (Phi) is 2.95. The zero-order valence-corrected chi connectivity index (χ0v) is 11.6. The van der Waals surface area contributed by atoms with Gasteiger partial charge in [0.1, 0.15) is 15.6 Å². The zero-order chi connectivity index (χ0) is 12.8. The van der Waals surface area contributed by atoms with E-state index in [0.717, 1.165) is 17.3 Å². The number of hydrogen-bond donors (Lipinski definition) is 1. The van der Waals surface area contributed by atoms with Crippen molar-refractivity contribution in [3.63, 3.8) is 0 Å². The van der Waals surface area contributed by atoms with E-state index in [1.54, 1.807) is 11.8 Å². The highest BCUT2D eigenvalue weighted by Crippen LogP contribution is 2.34. The van der Waals surface area contributed by atoms with E-state index in [4.69, 9.17) is 11.6 Å². The van der Waals surface area contributed by atoms with Crippen LogP contribution in [0.2, 0.25) is 4.34 Å². The molecule has 2 saturated heterocycles. The third kappa shape index (κ3) is 1.79. The number of nitrogens with one attached hydrogen (secondary N) is 1. The predicted molar refractivity (Wildman–Crippen MR) is 68.7 cm³/mol. The number of thioether (sulfide) groups is 1. The molecule has 1 N–H and O–H groups in total. The van der Waals surface area contributed by atoms with Crippen LogP contribution in [0.25, 0.3) is 0 Å². The molecule has 0 aliphatic carbocycles. The molecule has 1 aromatic heterocycles. The van der Waals surface area contributed by atoms with Crippen LogP contribution in [0.15, 0.2) is 0 Å². The molecular weight excluding hydrogens is 296 g/mol. The molecule has 3 rings (SSSR count). The fourth-order valence-electron chi connectivity index (χ4n) is 2.09. The van der Waals surface area contributed by atoms with Gasteiger partial charge in [0.2, 0.25) is 0 Å². The van der Waals surface area contributed by atoms with Gasteiger partial charge in [-0.25, -0.2) is 4.79 Å². The maximum absolute atomic E-state index is 12.3. The summed E-state index contributed by atoms with van der Waals surface area (Å²) in [5.74, 6) is 1.34. The lowest BCUT2D eigenvalue weighted by Gasteiger charge is -2.18. The van der Waals surface area contributed by atoms with Gasteiger partial charge in [-0.3, -0.25) is 9.69 Å². The Balaban J connectivity index is 1.83. The minimum atomic E-state index is -0.711. The Hall–Kier alpha value is -0.860. The van der Waals surface area contributed by atoms with Crippen molar-refractivity contribution >= 4 is 46.8 Å². The number of urea groups is 1. The van der Waals surface area contributed by atoms with E-state index in [9.17, 15) is 9.59 Å². The summed E-state index contributed by atoms with van der Waals surface area (Å²) in [6.07, 6.45) is 0.682. The van der Waals surface area contributed by atoms with Gasteiger partial charge >= 0.3 is 6.03 Å². The largest absolute Gasteiger partial charge is 0.325 e. The Morgan fingerprint density at radius 3 is 2.94 bits per heavy atom. The Morgan fingerprint density at radius 2 is 2.33 bits per heavy atom. The highest BCUT2D eigenvalue weighted by molar-refractivity contribution is 7.99. The summed E-state index contributed by atoms with van der Waals surface area (Å²) in [7, 11) is 0. The van der Waals surface area contributed by atoms with E-state index in [2.05, 4.69) is 14.9 Å². The van der Waals surface area contributed by atoms with Crippen LogP contribution in [0.4, 0.5) is 4.79 Å². The van der Waals surface area contributed by atoms with E-state index in [0.29, 0.717) is 22.2 Å². The number of rotatable bonds is 2. The number of carbonyl (C=O) groups excluding carboxylic acids is 2. The van der Waals surface area contributed by atoms with Gasteiger partial charge in [0.25, 0.3) is 5.91 Å². The van der Waals surface area contributed by atoms with E-state index in [1.165, 1.54) is 4.90 Å². The third-order valence-corrected chi connectivity index (χ3v) is 5.26. The molecule has 96 valence electrons. The van der Waals surface area contributed by atoms with Crippen molar-refractivity contribution in [2.24, 2.45) is 0 Å². The van der Waals surface area contributed by atoms with Gasteiger partial charge < -0.3 is 5.32 Å². The molecular formula is C9H9ClN4O2S2. The summed E-state index contributed by atoms with van der Waals surface area (Å²) in [4.78, 5) is 25.4. The first-order valence-electron chi connectivity index (χ1n) is 5.31. The van der Waals surface area contributed by atoms with E-state index in [1.807, 2.05) is 0 Å². The molecule has 0 saturated carbocycles. The molecule has 6 nitrogen and oxygen atoms in total. The summed E-state index contributed by atoms with van der Waals surface area (Å²) in [5.41, 5.74) is -0.245. The minimum absolute atomic E-state index is 0.0897. The molecule has 2 aliphatic heterocycles. The molecule has 0 bridgehead atoms. The number of imide groups is 1. The second kappa shape index (κ2) is 4.36. The van der Waals surface area contributed by atoms with E-state index in [-0.39, 0.29) is 18.5 Å². The van der Waals surface area contributed by atoms with Gasteiger partial charge in [0.15, 0.2) is 0 Å². The molecule has 1 atom stereocenters. The van der Waals surface area contributed by atoms with Crippen molar-refractivity contribution < 1.29 is 9.59 Å². The van der Waals surface area contributed by atoms with Gasteiger partial charge in [-0.05, 0) is 12.2 Å². The summed E-state index contributed by atoms with van der Waals surface area (Å²) in [6.45, 7) is 0.0897. The van der Waals surface area contributed by atoms with Crippen LogP contribution in [0.3, 0.4) is 0 Å². The van der Waals surface area contributed by atoms with Crippen LogP contribution < -0.4 is 5.32 Å². The third-order valence-electron chi connectivity index (χ3n) is 3.08. The highest BCUT2D eigenvalue weighted by atomic mass is 35.5. The topological polar surface area (TPSA) is 75.2 Å². The van der Waals surface area contributed by atoms with Crippen molar-refractivity contribution in [3.05, 3.63) is 10.0 Å². The Bertz CT molecular complexity index is 514. The van der Waals surface area contributed by atoms with Crippen molar-refractivity contribution in [1.29, 1.82) is 0 Å². The normalized spacial score (nSPS) is 27.3. The van der Waals surface area contributed by atoms with Gasteiger partial charge in [-0.1, -0.05) is 16.1 Å². The van der Waals surface area contributed by atoms with Crippen molar-refractivity contribution in [3.8, 4) is 0 Å². The average Bonchev–Trinajstić information content (AvgIpc) is 3.00. The lowest BCUT2D eigenvalue weighted by Crippen LogP contribution is -2.46. The standard InChI is InChI=1S/C9H9ClN4O2S2/c10-6-5(12-13-18-6)3-14-7(15)9(11-8(14)16)1-2-17-4-9/h1-4H2,(H,11,16). The van der Waals surface area contributed by atoms with Crippen LogP contribution in [0.1, 0.15) is 12.1 Å². The zero-order valence-electron chi connectivity index (χ0n) is 9.18. The SMILES string of the molecule is O=C1NC2(CCSC2)C(=O)N1Cc1nnsc1Cl. The van der Waals surface area contributed by atoms with Crippen LogP contribution in [0, 0.1) is 0 Å². The number of nitrogens with zero attached hydrogens (tertiary/aromatic N) is 3. The molecule has 18 heavy (non-hydrogen) atoms. The van der Waals surface area contributed by atoms with Crippen LogP contribution in [-0.2, 0) is 11.3 Å². The molecule has 1 spiro atoms. The number of amides is 3. The second-order valence-electron chi connectivity index (χ2n) is 4.20. The van der Waals surface area contributed by atoms with Gasteiger partial charge in [-0.2, -0.15) is 11.8 Å². The number of halogens is 1. The smallest absolute Gasteiger partial charge is 0.322 e. The summed E-state index contributed by atoms with van der Waals surface area (Å²) in [5, 5.41) is 6.61. The van der Waals surface area contributed by atoms with Crippen molar-refractivity contribution in [2.45, 2.75) is 18.5 Å². The molecule has 3 amide bonds. The van der Waals surface area contributed by atoms with Crippen LogP contribution in [0.5, 0.6) is 0 Å². The molecule has 0 aromatic carbocycles. The summed E-state index contributed by atoms with van der Waals surface area (Å²) < 4.78 is 4.10. The predicted octanol–water partition coefficient (Wildman–Crippen LogP) is 1.12. The summed E-state index contributed by atoms with van der Waals surface area (Å²) >= 11 is 8.60. The lowest BCUT2D eigenvalue weighted by atomic mass is 9.99. The first-order valence-corrected chi connectivity index (χ1v) is 7.62. The quantitative estimate of drug-likeness (QED) is 0.829. The number of aromatic nitrogens is 2.